The molecule has 1 aromatic heterocycles. The summed E-state index contributed by atoms with van der Waals surface area (Å²) in [4.78, 5) is 12.3. The third-order valence-electron chi connectivity index (χ3n) is 3.72. The average Bonchev–Trinajstić information content (AvgIpc) is 2.78. The van der Waals surface area contributed by atoms with Gasteiger partial charge in [0.05, 0.1) is 0 Å². The molecule has 1 saturated heterocycles. The van der Waals surface area contributed by atoms with Crippen LogP contribution in [0.25, 0.3) is 11.0 Å². The zero-order valence-electron chi connectivity index (χ0n) is 11.0. The molecular weight excluding hydrogens is 240 g/mol. The summed E-state index contributed by atoms with van der Waals surface area (Å²) in [5.74, 6) is 0.348. The smallest absolute Gasteiger partial charge is 0.287 e. The molecule has 0 spiro atoms. The summed E-state index contributed by atoms with van der Waals surface area (Å²) in [5, 5.41) is 7.36. The molecule has 1 aliphatic heterocycles. The second kappa shape index (κ2) is 5.05. The van der Waals surface area contributed by atoms with Crippen LogP contribution in [0.15, 0.2) is 28.7 Å². The number of hydrogen-bond acceptors (Lipinski definition) is 3. The van der Waals surface area contributed by atoms with Gasteiger partial charge in [-0.15, -0.1) is 0 Å². The van der Waals surface area contributed by atoms with E-state index in [2.05, 4.69) is 10.6 Å². The highest BCUT2D eigenvalue weighted by molar-refractivity contribution is 5.99. The Morgan fingerprint density at radius 3 is 2.79 bits per heavy atom. The first-order valence-corrected chi connectivity index (χ1v) is 6.75. The first-order chi connectivity index (χ1) is 9.25. The highest BCUT2D eigenvalue weighted by Crippen LogP contribution is 2.24. The zero-order valence-corrected chi connectivity index (χ0v) is 11.0. The van der Waals surface area contributed by atoms with Crippen LogP contribution in [-0.4, -0.2) is 25.0 Å². The van der Waals surface area contributed by atoms with Crippen LogP contribution in [-0.2, 0) is 0 Å². The number of benzene rings is 1. The molecule has 0 bridgehead atoms. The van der Waals surface area contributed by atoms with Gasteiger partial charge < -0.3 is 15.1 Å². The third-order valence-corrected chi connectivity index (χ3v) is 3.72. The average molecular weight is 258 g/mol. The van der Waals surface area contributed by atoms with Crippen LogP contribution in [0.1, 0.15) is 29.0 Å². The lowest BCUT2D eigenvalue weighted by molar-refractivity contribution is 0.0902. The van der Waals surface area contributed by atoms with Crippen molar-refractivity contribution in [3.8, 4) is 0 Å². The lowest BCUT2D eigenvalue weighted by atomic mass is 10.1. The molecule has 1 aliphatic rings. The normalized spacial score (nSPS) is 16.7. The summed E-state index contributed by atoms with van der Waals surface area (Å²) < 4.78 is 5.67. The topological polar surface area (TPSA) is 54.3 Å². The van der Waals surface area contributed by atoms with Crippen molar-refractivity contribution in [3.05, 3.63) is 35.6 Å². The molecule has 3 rings (SSSR count). The number of aryl methyl sites for hydroxylation is 1. The predicted octanol–water partition coefficient (Wildman–Crippen LogP) is 2.22. The van der Waals surface area contributed by atoms with E-state index in [1.807, 2.05) is 31.2 Å². The van der Waals surface area contributed by atoms with E-state index in [4.69, 9.17) is 4.42 Å². The maximum Gasteiger partial charge on any atom is 0.287 e. The van der Waals surface area contributed by atoms with Crippen LogP contribution < -0.4 is 10.6 Å². The van der Waals surface area contributed by atoms with Gasteiger partial charge in [0, 0.05) is 17.0 Å². The summed E-state index contributed by atoms with van der Waals surface area (Å²) in [6.45, 7) is 3.86. The lowest BCUT2D eigenvalue weighted by Crippen LogP contribution is -2.42. The Morgan fingerprint density at radius 1 is 1.32 bits per heavy atom. The quantitative estimate of drug-likeness (QED) is 0.868. The van der Waals surface area contributed by atoms with Crippen molar-refractivity contribution in [3.63, 3.8) is 0 Å². The van der Waals surface area contributed by atoms with Gasteiger partial charge in [0.1, 0.15) is 5.58 Å². The number of furan rings is 1. The summed E-state index contributed by atoms with van der Waals surface area (Å²) in [5.41, 5.74) is 1.69. The largest absolute Gasteiger partial charge is 0.451 e. The fourth-order valence-corrected chi connectivity index (χ4v) is 2.61. The van der Waals surface area contributed by atoms with Crippen LogP contribution in [0, 0.1) is 6.92 Å². The van der Waals surface area contributed by atoms with Gasteiger partial charge >= 0.3 is 0 Å². The van der Waals surface area contributed by atoms with E-state index >= 15 is 0 Å². The van der Waals surface area contributed by atoms with E-state index in [1.54, 1.807) is 0 Å². The number of hydrogen-bond donors (Lipinski definition) is 2. The number of para-hydroxylation sites is 1. The number of piperidine rings is 1. The molecule has 100 valence electrons. The molecule has 0 saturated carbocycles. The fraction of sp³-hybridized carbons (Fsp3) is 0.400. The maximum absolute atomic E-state index is 12.3. The minimum absolute atomic E-state index is 0.0967. The van der Waals surface area contributed by atoms with Gasteiger partial charge in [0.15, 0.2) is 5.76 Å². The highest BCUT2D eigenvalue weighted by atomic mass is 16.3. The minimum atomic E-state index is -0.0967. The SMILES string of the molecule is Cc1c(C(=O)NC2CCNCC2)oc2ccccc12. The summed E-state index contributed by atoms with van der Waals surface area (Å²) >= 11 is 0. The number of rotatable bonds is 2. The molecule has 4 heteroatoms. The Labute approximate surface area is 112 Å². The van der Waals surface area contributed by atoms with Gasteiger partial charge in [0.25, 0.3) is 5.91 Å². The Bertz CT molecular complexity index is 597. The summed E-state index contributed by atoms with van der Waals surface area (Å²) in [7, 11) is 0. The number of carbonyl (C=O) groups excluding carboxylic acids is 1. The fourth-order valence-electron chi connectivity index (χ4n) is 2.61. The number of amides is 1. The van der Waals surface area contributed by atoms with Crippen LogP contribution >= 0.6 is 0 Å². The molecular formula is C15H18N2O2. The molecule has 19 heavy (non-hydrogen) atoms. The summed E-state index contributed by atoms with van der Waals surface area (Å²) in [6.07, 6.45) is 1.95. The Balaban J connectivity index is 1.83. The molecule has 2 aromatic rings. The second-order valence-corrected chi connectivity index (χ2v) is 5.05. The molecule has 0 unspecified atom stereocenters. The molecule has 2 heterocycles. The zero-order chi connectivity index (χ0) is 13.2. The Hall–Kier alpha value is -1.81. The van der Waals surface area contributed by atoms with Crippen molar-refractivity contribution in [2.24, 2.45) is 0 Å². The molecule has 4 nitrogen and oxygen atoms in total. The molecule has 2 N–H and O–H groups in total. The van der Waals surface area contributed by atoms with Crippen molar-refractivity contribution in [1.82, 2.24) is 10.6 Å². The van der Waals surface area contributed by atoms with Gasteiger partial charge in [-0.05, 0) is 38.9 Å². The predicted molar refractivity (Wildman–Crippen MR) is 74.3 cm³/mol. The van der Waals surface area contributed by atoms with Crippen molar-refractivity contribution >= 4 is 16.9 Å². The van der Waals surface area contributed by atoms with Gasteiger partial charge in [-0.2, -0.15) is 0 Å². The monoisotopic (exact) mass is 258 g/mol. The van der Waals surface area contributed by atoms with Gasteiger partial charge in [0.2, 0.25) is 0 Å². The molecule has 1 amide bonds. The van der Waals surface area contributed by atoms with Crippen LogP contribution in [0.3, 0.4) is 0 Å². The van der Waals surface area contributed by atoms with E-state index in [9.17, 15) is 4.79 Å². The molecule has 0 atom stereocenters. The van der Waals surface area contributed by atoms with E-state index in [0.29, 0.717) is 5.76 Å². The lowest BCUT2D eigenvalue weighted by Gasteiger charge is -2.23. The molecule has 1 aromatic carbocycles. The van der Waals surface area contributed by atoms with Crippen molar-refractivity contribution in [2.75, 3.05) is 13.1 Å². The van der Waals surface area contributed by atoms with Crippen molar-refractivity contribution < 1.29 is 9.21 Å². The minimum Gasteiger partial charge on any atom is -0.451 e. The van der Waals surface area contributed by atoms with Crippen LogP contribution in [0.5, 0.6) is 0 Å². The molecule has 0 radical (unpaired) electrons. The summed E-state index contributed by atoms with van der Waals surface area (Å²) in [6, 6.07) is 8.00. The van der Waals surface area contributed by atoms with Gasteiger partial charge in [-0.1, -0.05) is 18.2 Å². The van der Waals surface area contributed by atoms with Gasteiger partial charge in [-0.25, -0.2) is 0 Å². The number of carbonyl (C=O) groups is 1. The van der Waals surface area contributed by atoms with Gasteiger partial charge in [-0.3, -0.25) is 4.79 Å². The number of fused-ring (bicyclic) bond motifs is 1. The first-order valence-electron chi connectivity index (χ1n) is 6.75. The Kier molecular flexibility index (Phi) is 3.25. The standard InChI is InChI=1S/C15H18N2O2/c1-10-12-4-2-3-5-13(12)19-14(10)15(18)17-11-6-8-16-9-7-11/h2-5,11,16H,6-9H2,1H3,(H,17,18). The van der Waals surface area contributed by atoms with Crippen molar-refractivity contribution in [1.29, 1.82) is 0 Å². The maximum atomic E-state index is 12.3. The third kappa shape index (κ3) is 2.36. The van der Waals surface area contributed by atoms with E-state index in [-0.39, 0.29) is 11.9 Å². The molecule has 1 fully saturated rings. The first kappa shape index (κ1) is 12.2. The Morgan fingerprint density at radius 2 is 2.05 bits per heavy atom. The van der Waals surface area contributed by atoms with Crippen molar-refractivity contribution in [2.45, 2.75) is 25.8 Å². The highest BCUT2D eigenvalue weighted by Gasteiger charge is 2.21. The van der Waals surface area contributed by atoms with E-state index < -0.39 is 0 Å². The number of nitrogens with one attached hydrogen (secondary N) is 2. The van der Waals surface area contributed by atoms with Crippen LogP contribution in [0.2, 0.25) is 0 Å². The second-order valence-electron chi connectivity index (χ2n) is 5.05. The van der Waals surface area contributed by atoms with E-state index in [0.717, 1.165) is 42.5 Å². The van der Waals surface area contributed by atoms with E-state index in [1.165, 1.54) is 0 Å². The molecule has 0 aliphatic carbocycles. The van der Waals surface area contributed by atoms with Crippen LogP contribution in [0.4, 0.5) is 0 Å².